The van der Waals surface area contributed by atoms with Crippen LogP contribution < -0.4 is 15.0 Å². The number of anilines is 1. The molecular weight excluding hydrogens is 236 g/mol. The molecule has 1 aliphatic rings. The normalized spacial score (nSPS) is 15.3. The van der Waals surface area contributed by atoms with E-state index in [0.29, 0.717) is 0 Å². The van der Waals surface area contributed by atoms with E-state index in [-0.39, 0.29) is 0 Å². The first kappa shape index (κ1) is 13.5. The summed E-state index contributed by atoms with van der Waals surface area (Å²) in [7, 11) is 0. The van der Waals surface area contributed by atoms with E-state index in [1.165, 1.54) is 16.8 Å². The quantitative estimate of drug-likeness (QED) is 0.897. The molecule has 2 rings (SSSR count). The van der Waals surface area contributed by atoms with E-state index >= 15 is 0 Å². The second-order valence-electron chi connectivity index (χ2n) is 4.90. The summed E-state index contributed by atoms with van der Waals surface area (Å²) in [6.45, 7) is 8.86. The molecule has 0 atom stereocenters. The van der Waals surface area contributed by atoms with Crippen LogP contribution in [0.1, 0.15) is 19.4 Å². The zero-order chi connectivity index (χ0) is 13.7. The number of nitrogens with zero attached hydrogens (tertiary/aromatic N) is 1. The van der Waals surface area contributed by atoms with Gasteiger partial charge in [-0.1, -0.05) is 12.1 Å². The molecule has 102 valence electrons. The highest BCUT2D eigenvalue weighted by Gasteiger charge is 2.17. The van der Waals surface area contributed by atoms with Crippen molar-refractivity contribution < 1.29 is 4.74 Å². The minimum absolute atomic E-state index is 0.756. The molecule has 1 aromatic carbocycles. The van der Waals surface area contributed by atoms with Crippen molar-refractivity contribution in [2.75, 3.05) is 24.6 Å². The average Bonchev–Trinajstić information content (AvgIpc) is 2.40. The van der Waals surface area contributed by atoms with Gasteiger partial charge in [0, 0.05) is 12.7 Å². The lowest BCUT2D eigenvalue weighted by Crippen LogP contribution is -2.34. The molecule has 0 aromatic heterocycles. The number of aryl methyl sites for hydroxylation is 1. The Morgan fingerprint density at radius 2 is 2.32 bits per heavy atom. The predicted octanol–water partition coefficient (Wildman–Crippen LogP) is 3.22. The Bertz CT molecular complexity index is 492. The summed E-state index contributed by atoms with van der Waals surface area (Å²) in [6.07, 6.45) is 5.96. The Hall–Kier alpha value is -1.90. The third-order valence-electron chi connectivity index (χ3n) is 3.11. The summed E-state index contributed by atoms with van der Waals surface area (Å²) in [4.78, 5) is 2.37. The van der Waals surface area contributed by atoms with Crippen LogP contribution in [0.25, 0.3) is 0 Å². The predicted molar refractivity (Wildman–Crippen MR) is 80.6 cm³/mol. The molecule has 19 heavy (non-hydrogen) atoms. The first-order valence-electron chi connectivity index (χ1n) is 6.72. The van der Waals surface area contributed by atoms with Crippen LogP contribution in [0.3, 0.4) is 0 Å². The van der Waals surface area contributed by atoms with Crippen molar-refractivity contribution in [3.05, 3.63) is 47.8 Å². The van der Waals surface area contributed by atoms with Gasteiger partial charge in [0.1, 0.15) is 12.4 Å². The second-order valence-corrected chi connectivity index (χ2v) is 4.90. The Morgan fingerprint density at radius 1 is 1.47 bits per heavy atom. The molecular formula is C16H22N2O. The molecule has 3 heteroatoms. The van der Waals surface area contributed by atoms with E-state index in [9.17, 15) is 0 Å². The molecule has 0 saturated heterocycles. The molecule has 1 aromatic rings. The van der Waals surface area contributed by atoms with Gasteiger partial charge in [0.05, 0.1) is 12.2 Å². The first-order valence-corrected chi connectivity index (χ1v) is 6.72. The topological polar surface area (TPSA) is 24.5 Å². The molecule has 0 bridgehead atoms. The van der Waals surface area contributed by atoms with E-state index in [2.05, 4.69) is 42.3 Å². The Kier molecular flexibility index (Phi) is 4.50. The van der Waals surface area contributed by atoms with Crippen LogP contribution in [-0.4, -0.2) is 19.7 Å². The van der Waals surface area contributed by atoms with Crippen molar-refractivity contribution in [1.29, 1.82) is 0 Å². The van der Waals surface area contributed by atoms with Gasteiger partial charge in [-0.2, -0.15) is 0 Å². The first-order chi connectivity index (χ1) is 9.20. The van der Waals surface area contributed by atoms with Crippen molar-refractivity contribution >= 4 is 5.69 Å². The van der Waals surface area contributed by atoms with Crippen LogP contribution in [0.15, 0.2) is 42.2 Å². The molecule has 0 saturated carbocycles. The van der Waals surface area contributed by atoms with Crippen molar-refractivity contribution in [3.8, 4) is 5.75 Å². The summed E-state index contributed by atoms with van der Waals surface area (Å²) in [5, 5.41) is 3.16. The number of fused-ring (bicyclic) bond motifs is 1. The molecule has 1 N–H and O–H groups in total. The SMILES string of the molecule is C/C=C\N/C=C(\C)CN1CCOc2ccc(C)cc21. The molecule has 0 amide bonds. The Labute approximate surface area is 115 Å². The summed E-state index contributed by atoms with van der Waals surface area (Å²) in [5.74, 6) is 0.992. The van der Waals surface area contributed by atoms with Crippen molar-refractivity contribution in [2.24, 2.45) is 0 Å². The van der Waals surface area contributed by atoms with Crippen LogP contribution in [0, 0.1) is 6.92 Å². The summed E-state index contributed by atoms with van der Waals surface area (Å²) < 4.78 is 5.70. The average molecular weight is 258 g/mol. The van der Waals surface area contributed by atoms with Crippen LogP contribution >= 0.6 is 0 Å². The molecule has 0 unspecified atom stereocenters. The Morgan fingerprint density at radius 3 is 3.11 bits per heavy atom. The zero-order valence-electron chi connectivity index (χ0n) is 11.9. The third kappa shape index (κ3) is 3.53. The highest BCUT2D eigenvalue weighted by Crippen LogP contribution is 2.32. The molecule has 1 aliphatic heterocycles. The maximum Gasteiger partial charge on any atom is 0.142 e. The van der Waals surface area contributed by atoms with Gasteiger partial charge in [0.15, 0.2) is 0 Å². The van der Waals surface area contributed by atoms with Gasteiger partial charge in [0.25, 0.3) is 0 Å². The lowest BCUT2D eigenvalue weighted by Gasteiger charge is -2.31. The van der Waals surface area contributed by atoms with Crippen LogP contribution in [0.2, 0.25) is 0 Å². The minimum atomic E-state index is 0.756. The second kappa shape index (κ2) is 6.32. The van der Waals surface area contributed by atoms with E-state index in [1.54, 1.807) is 0 Å². The van der Waals surface area contributed by atoms with Crippen molar-refractivity contribution in [3.63, 3.8) is 0 Å². The fraction of sp³-hybridized carbons (Fsp3) is 0.375. The van der Waals surface area contributed by atoms with Crippen LogP contribution in [-0.2, 0) is 0 Å². The van der Waals surface area contributed by atoms with Gasteiger partial charge >= 0.3 is 0 Å². The molecule has 0 fully saturated rings. The summed E-state index contributed by atoms with van der Waals surface area (Å²) in [5.41, 5.74) is 3.76. The summed E-state index contributed by atoms with van der Waals surface area (Å²) >= 11 is 0. The molecule has 1 heterocycles. The Balaban J connectivity index is 2.10. The number of benzene rings is 1. The fourth-order valence-electron chi connectivity index (χ4n) is 2.18. The number of allylic oxidation sites excluding steroid dienone is 1. The van der Waals surface area contributed by atoms with Gasteiger partial charge in [-0.05, 0) is 50.2 Å². The monoisotopic (exact) mass is 258 g/mol. The van der Waals surface area contributed by atoms with E-state index in [1.807, 2.05) is 25.4 Å². The smallest absolute Gasteiger partial charge is 0.142 e. The summed E-state index contributed by atoms with van der Waals surface area (Å²) in [6, 6.07) is 6.35. The minimum Gasteiger partial charge on any atom is -0.490 e. The largest absolute Gasteiger partial charge is 0.490 e. The van der Waals surface area contributed by atoms with Crippen LogP contribution in [0.4, 0.5) is 5.69 Å². The van der Waals surface area contributed by atoms with Gasteiger partial charge in [-0.15, -0.1) is 0 Å². The van der Waals surface area contributed by atoms with Gasteiger partial charge < -0.3 is 15.0 Å². The molecule has 0 aliphatic carbocycles. The molecule has 0 spiro atoms. The molecule has 0 radical (unpaired) electrons. The van der Waals surface area contributed by atoms with Gasteiger partial charge in [-0.3, -0.25) is 0 Å². The van der Waals surface area contributed by atoms with E-state index in [4.69, 9.17) is 4.74 Å². The van der Waals surface area contributed by atoms with E-state index < -0.39 is 0 Å². The van der Waals surface area contributed by atoms with Gasteiger partial charge in [0.2, 0.25) is 0 Å². The number of hydrogen-bond acceptors (Lipinski definition) is 3. The zero-order valence-corrected chi connectivity index (χ0v) is 11.9. The number of ether oxygens (including phenoxy) is 1. The maximum absolute atomic E-state index is 5.70. The number of hydrogen-bond donors (Lipinski definition) is 1. The maximum atomic E-state index is 5.70. The standard InChI is InChI=1S/C16H22N2O/c1-4-7-17-11-14(3)12-18-8-9-19-16-6-5-13(2)10-15(16)18/h4-7,10-11,17H,8-9,12H2,1-3H3/b7-4-,14-11+. The van der Waals surface area contributed by atoms with Crippen LogP contribution in [0.5, 0.6) is 5.75 Å². The van der Waals surface area contributed by atoms with Crippen molar-refractivity contribution in [2.45, 2.75) is 20.8 Å². The highest BCUT2D eigenvalue weighted by molar-refractivity contribution is 5.61. The fourth-order valence-corrected chi connectivity index (χ4v) is 2.18. The lowest BCUT2D eigenvalue weighted by atomic mass is 10.1. The third-order valence-corrected chi connectivity index (χ3v) is 3.11. The van der Waals surface area contributed by atoms with E-state index in [0.717, 1.165) is 25.4 Å². The van der Waals surface area contributed by atoms with Gasteiger partial charge in [-0.25, -0.2) is 0 Å². The number of rotatable bonds is 4. The lowest BCUT2D eigenvalue weighted by molar-refractivity contribution is 0.309. The highest BCUT2D eigenvalue weighted by atomic mass is 16.5. The van der Waals surface area contributed by atoms with Crippen molar-refractivity contribution in [1.82, 2.24) is 5.32 Å². The molecule has 3 nitrogen and oxygen atoms in total. The number of nitrogens with one attached hydrogen (secondary N) is 1.